The van der Waals surface area contributed by atoms with Gasteiger partial charge in [-0.2, -0.15) is 0 Å². The normalized spacial score (nSPS) is 19.6. The zero-order valence-corrected chi connectivity index (χ0v) is 18.7. The number of ether oxygens (including phenoxy) is 1. The van der Waals surface area contributed by atoms with Gasteiger partial charge in [0.1, 0.15) is 12.4 Å². The van der Waals surface area contributed by atoms with E-state index in [1.165, 1.54) is 48.8 Å². The molecular formula is C29H35NO. The van der Waals surface area contributed by atoms with Gasteiger partial charge in [-0.3, -0.25) is 0 Å². The third kappa shape index (κ3) is 6.70. The highest BCUT2D eigenvalue weighted by Gasteiger charge is 2.23. The van der Waals surface area contributed by atoms with E-state index in [0.29, 0.717) is 24.6 Å². The van der Waals surface area contributed by atoms with Crippen LogP contribution < -0.4 is 10.1 Å². The minimum Gasteiger partial charge on any atom is -0.489 e. The summed E-state index contributed by atoms with van der Waals surface area (Å²) in [5.74, 6) is 1.64. The molecule has 3 aromatic carbocycles. The molecule has 0 radical (unpaired) electrons. The van der Waals surface area contributed by atoms with Crippen molar-refractivity contribution in [3.05, 3.63) is 102 Å². The summed E-state index contributed by atoms with van der Waals surface area (Å²) in [5, 5.41) is 3.88. The van der Waals surface area contributed by atoms with Gasteiger partial charge in [-0.1, -0.05) is 72.8 Å². The van der Waals surface area contributed by atoms with Crippen LogP contribution in [-0.4, -0.2) is 12.1 Å². The topological polar surface area (TPSA) is 21.3 Å². The number of hydrogen-bond acceptors (Lipinski definition) is 2. The molecule has 0 heterocycles. The smallest absolute Gasteiger partial charge is 0.119 e. The summed E-state index contributed by atoms with van der Waals surface area (Å²) in [7, 11) is 0. The lowest BCUT2D eigenvalue weighted by Gasteiger charge is -2.31. The zero-order valence-electron chi connectivity index (χ0n) is 18.7. The van der Waals surface area contributed by atoms with Crippen LogP contribution in [0.3, 0.4) is 0 Å². The molecule has 1 saturated carbocycles. The van der Waals surface area contributed by atoms with Crippen molar-refractivity contribution in [3.63, 3.8) is 0 Å². The van der Waals surface area contributed by atoms with E-state index in [1.807, 2.05) is 6.07 Å². The van der Waals surface area contributed by atoms with Gasteiger partial charge in [0.05, 0.1) is 0 Å². The summed E-state index contributed by atoms with van der Waals surface area (Å²) in [4.78, 5) is 0. The lowest BCUT2D eigenvalue weighted by Crippen LogP contribution is -2.39. The lowest BCUT2D eigenvalue weighted by atomic mass is 9.81. The van der Waals surface area contributed by atoms with Crippen molar-refractivity contribution in [2.24, 2.45) is 0 Å². The zero-order chi connectivity index (χ0) is 21.3. The van der Waals surface area contributed by atoms with Crippen molar-refractivity contribution in [1.82, 2.24) is 5.32 Å². The predicted molar refractivity (Wildman–Crippen MR) is 130 cm³/mol. The summed E-state index contributed by atoms with van der Waals surface area (Å²) in [6.45, 7) is 2.96. The quantitative estimate of drug-likeness (QED) is 0.412. The second-order valence-corrected chi connectivity index (χ2v) is 8.98. The van der Waals surface area contributed by atoms with E-state index in [1.54, 1.807) is 0 Å². The van der Waals surface area contributed by atoms with Crippen LogP contribution in [0.15, 0.2) is 84.9 Å². The van der Waals surface area contributed by atoms with Crippen LogP contribution in [0.4, 0.5) is 0 Å². The highest BCUT2D eigenvalue weighted by molar-refractivity contribution is 5.30. The van der Waals surface area contributed by atoms with Crippen molar-refractivity contribution in [2.45, 2.75) is 70.1 Å². The van der Waals surface area contributed by atoms with Crippen LogP contribution in [-0.2, 0) is 13.0 Å². The standard InChI is InChI=1S/C29H35NO/c1-23(12-13-24-8-4-2-5-9-24)30-28-18-14-26(15-19-28)27-16-20-29(21-17-27)31-22-25-10-6-3-7-11-25/h2-11,16-17,20-21,23,26,28,30H,12-15,18-19,22H2,1H3/t23?,26-,28-. The van der Waals surface area contributed by atoms with Crippen molar-refractivity contribution in [1.29, 1.82) is 0 Å². The van der Waals surface area contributed by atoms with Crippen LogP contribution in [0.2, 0.25) is 0 Å². The maximum Gasteiger partial charge on any atom is 0.119 e. The summed E-state index contributed by atoms with van der Waals surface area (Å²) >= 11 is 0. The SMILES string of the molecule is CC(CCc1ccccc1)N[C@H]1CC[C@H](c2ccc(OCc3ccccc3)cc2)CC1. The van der Waals surface area contributed by atoms with E-state index in [0.717, 1.165) is 12.2 Å². The van der Waals surface area contributed by atoms with Gasteiger partial charge in [-0.05, 0) is 80.2 Å². The Labute approximate surface area is 187 Å². The Bertz CT molecular complexity index is 883. The van der Waals surface area contributed by atoms with Crippen molar-refractivity contribution >= 4 is 0 Å². The van der Waals surface area contributed by atoms with Crippen LogP contribution in [0, 0.1) is 0 Å². The number of benzene rings is 3. The third-order valence-corrected chi connectivity index (χ3v) is 6.56. The molecule has 4 rings (SSSR count). The summed E-state index contributed by atoms with van der Waals surface area (Å²) in [6.07, 6.45) is 7.44. The summed E-state index contributed by atoms with van der Waals surface area (Å²) < 4.78 is 5.94. The molecule has 162 valence electrons. The van der Waals surface area contributed by atoms with Crippen molar-refractivity contribution in [3.8, 4) is 5.75 Å². The van der Waals surface area contributed by atoms with Crippen molar-refractivity contribution in [2.75, 3.05) is 0 Å². The number of aryl methyl sites for hydroxylation is 1. The first-order valence-corrected chi connectivity index (χ1v) is 11.8. The molecule has 1 atom stereocenters. The number of nitrogens with one attached hydrogen (secondary N) is 1. The maximum absolute atomic E-state index is 5.94. The third-order valence-electron chi connectivity index (χ3n) is 6.56. The van der Waals surface area contributed by atoms with E-state index in [9.17, 15) is 0 Å². The molecule has 1 unspecified atom stereocenters. The van der Waals surface area contributed by atoms with Gasteiger partial charge in [0.25, 0.3) is 0 Å². The largest absolute Gasteiger partial charge is 0.489 e. The van der Waals surface area contributed by atoms with Gasteiger partial charge in [0, 0.05) is 12.1 Å². The van der Waals surface area contributed by atoms with E-state index >= 15 is 0 Å². The van der Waals surface area contributed by atoms with Crippen LogP contribution in [0.25, 0.3) is 0 Å². The summed E-state index contributed by atoms with van der Waals surface area (Å²) in [5.41, 5.74) is 4.11. The second-order valence-electron chi connectivity index (χ2n) is 8.98. The Kier molecular flexibility index (Phi) is 7.79. The first-order chi connectivity index (χ1) is 15.3. The van der Waals surface area contributed by atoms with Crippen LogP contribution in [0.5, 0.6) is 5.75 Å². The average molecular weight is 414 g/mol. The minimum absolute atomic E-state index is 0.572. The molecule has 0 spiro atoms. The van der Waals surface area contributed by atoms with E-state index in [4.69, 9.17) is 4.74 Å². The van der Waals surface area contributed by atoms with Crippen LogP contribution in [0.1, 0.15) is 61.6 Å². The molecule has 1 aliphatic carbocycles. The fourth-order valence-electron chi connectivity index (χ4n) is 4.68. The Morgan fingerprint density at radius 3 is 2.03 bits per heavy atom. The Morgan fingerprint density at radius 2 is 1.39 bits per heavy atom. The minimum atomic E-state index is 0.572. The Morgan fingerprint density at radius 1 is 0.774 bits per heavy atom. The molecule has 2 heteroatoms. The first kappa shape index (κ1) is 21.6. The summed E-state index contributed by atoms with van der Waals surface area (Å²) in [6, 6.07) is 31.2. The molecule has 1 aliphatic rings. The fraction of sp³-hybridized carbons (Fsp3) is 0.379. The highest BCUT2D eigenvalue weighted by Crippen LogP contribution is 2.34. The van der Waals surface area contributed by atoms with Crippen molar-refractivity contribution < 1.29 is 4.74 Å². The molecule has 2 nitrogen and oxygen atoms in total. The van der Waals surface area contributed by atoms with E-state index in [2.05, 4.69) is 91.1 Å². The predicted octanol–water partition coefficient (Wildman–Crippen LogP) is 6.90. The molecule has 1 fully saturated rings. The molecule has 0 aliphatic heterocycles. The van der Waals surface area contributed by atoms with E-state index in [-0.39, 0.29) is 0 Å². The Balaban J connectivity index is 1.18. The van der Waals surface area contributed by atoms with Gasteiger partial charge in [-0.25, -0.2) is 0 Å². The van der Waals surface area contributed by atoms with Gasteiger partial charge in [0.15, 0.2) is 0 Å². The Hall–Kier alpha value is -2.58. The fourth-order valence-corrected chi connectivity index (χ4v) is 4.68. The van der Waals surface area contributed by atoms with Gasteiger partial charge >= 0.3 is 0 Å². The van der Waals surface area contributed by atoms with Gasteiger partial charge in [0.2, 0.25) is 0 Å². The molecule has 0 saturated heterocycles. The number of hydrogen-bond donors (Lipinski definition) is 1. The molecule has 0 bridgehead atoms. The van der Waals surface area contributed by atoms with Crippen LogP contribution >= 0.6 is 0 Å². The van der Waals surface area contributed by atoms with Gasteiger partial charge < -0.3 is 10.1 Å². The lowest BCUT2D eigenvalue weighted by molar-refractivity contribution is 0.304. The average Bonchev–Trinajstić information content (AvgIpc) is 2.84. The monoisotopic (exact) mass is 413 g/mol. The molecule has 1 N–H and O–H groups in total. The maximum atomic E-state index is 5.94. The molecule has 0 amide bonds. The highest BCUT2D eigenvalue weighted by atomic mass is 16.5. The molecule has 0 aromatic heterocycles. The number of rotatable bonds is 9. The molecular weight excluding hydrogens is 378 g/mol. The molecule has 31 heavy (non-hydrogen) atoms. The first-order valence-electron chi connectivity index (χ1n) is 11.8. The molecule has 3 aromatic rings. The van der Waals surface area contributed by atoms with E-state index < -0.39 is 0 Å². The second kappa shape index (κ2) is 11.2. The van der Waals surface area contributed by atoms with Gasteiger partial charge in [-0.15, -0.1) is 0 Å².